The summed E-state index contributed by atoms with van der Waals surface area (Å²) >= 11 is 0. The quantitative estimate of drug-likeness (QED) is 0.581. The molecule has 24 heavy (non-hydrogen) atoms. The fourth-order valence-electron chi connectivity index (χ4n) is 2.35. The van der Waals surface area contributed by atoms with Crippen LogP contribution in [-0.2, 0) is 9.53 Å². The lowest BCUT2D eigenvalue weighted by molar-refractivity contribution is -0.144. The van der Waals surface area contributed by atoms with Crippen LogP contribution in [0, 0.1) is 11.8 Å². The van der Waals surface area contributed by atoms with E-state index in [0.717, 1.165) is 29.5 Å². The van der Waals surface area contributed by atoms with Crippen molar-refractivity contribution in [2.45, 2.75) is 32.8 Å². The predicted molar refractivity (Wildman–Crippen MR) is 98.2 cm³/mol. The summed E-state index contributed by atoms with van der Waals surface area (Å²) in [5.41, 5.74) is 2.85. The molecule has 1 atom stereocenters. The summed E-state index contributed by atoms with van der Waals surface area (Å²) in [6.45, 7) is 3.51. The Balaban J connectivity index is 2.37. The molecule has 0 aliphatic carbocycles. The molecule has 2 heteroatoms. The first-order valence-electron chi connectivity index (χ1n) is 8.20. The summed E-state index contributed by atoms with van der Waals surface area (Å²) in [6, 6.07) is 19.8. The van der Waals surface area contributed by atoms with E-state index in [0.29, 0.717) is 0 Å². The van der Waals surface area contributed by atoms with Gasteiger partial charge in [0.2, 0.25) is 0 Å². The second-order valence-electron chi connectivity index (χ2n) is 5.50. The summed E-state index contributed by atoms with van der Waals surface area (Å²) in [7, 11) is 0. The molecule has 0 fully saturated rings. The zero-order chi connectivity index (χ0) is 17.2. The van der Waals surface area contributed by atoms with Crippen LogP contribution in [0.15, 0.2) is 66.7 Å². The van der Waals surface area contributed by atoms with Crippen molar-refractivity contribution in [2.24, 2.45) is 0 Å². The summed E-state index contributed by atoms with van der Waals surface area (Å²) < 4.78 is 5.41. The first-order chi connectivity index (χ1) is 11.7. The minimum absolute atomic E-state index is 0.257. The van der Waals surface area contributed by atoms with E-state index in [1.165, 1.54) is 6.92 Å². The number of benzene rings is 2. The van der Waals surface area contributed by atoms with Gasteiger partial charge >= 0.3 is 5.97 Å². The molecule has 0 aliphatic rings. The van der Waals surface area contributed by atoms with Crippen molar-refractivity contribution in [3.63, 3.8) is 0 Å². The summed E-state index contributed by atoms with van der Waals surface area (Å²) in [5, 5.41) is 0. The van der Waals surface area contributed by atoms with Gasteiger partial charge in [-0.3, -0.25) is 4.79 Å². The number of carbonyl (C=O) groups excluding carboxylic acids is 1. The van der Waals surface area contributed by atoms with E-state index in [2.05, 4.69) is 18.8 Å². The van der Waals surface area contributed by atoms with Crippen LogP contribution in [0.4, 0.5) is 0 Å². The highest BCUT2D eigenvalue weighted by Crippen LogP contribution is 2.17. The van der Waals surface area contributed by atoms with Crippen molar-refractivity contribution in [3.8, 4) is 11.8 Å². The van der Waals surface area contributed by atoms with Gasteiger partial charge in [-0.15, -0.1) is 0 Å². The Hall–Kier alpha value is -2.79. The van der Waals surface area contributed by atoms with Crippen LogP contribution in [0.5, 0.6) is 0 Å². The highest BCUT2D eigenvalue weighted by molar-refractivity contribution is 5.80. The van der Waals surface area contributed by atoms with Crippen LogP contribution in [0.25, 0.3) is 5.57 Å². The molecule has 2 aromatic rings. The van der Waals surface area contributed by atoms with Gasteiger partial charge in [0.05, 0.1) is 0 Å². The summed E-state index contributed by atoms with van der Waals surface area (Å²) in [4.78, 5) is 11.3. The smallest absolute Gasteiger partial charge is 0.303 e. The van der Waals surface area contributed by atoms with E-state index in [4.69, 9.17) is 4.74 Å². The third-order valence-electron chi connectivity index (χ3n) is 3.44. The van der Waals surface area contributed by atoms with E-state index in [-0.39, 0.29) is 12.1 Å². The van der Waals surface area contributed by atoms with Gasteiger partial charge in [-0.2, -0.15) is 0 Å². The van der Waals surface area contributed by atoms with Crippen molar-refractivity contribution >= 4 is 11.5 Å². The second-order valence-corrected chi connectivity index (χ2v) is 5.50. The maximum atomic E-state index is 11.3. The molecule has 2 nitrogen and oxygen atoms in total. The number of hydrogen-bond donors (Lipinski definition) is 0. The molecule has 2 aromatic carbocycles. The Kier molecular flexibility index (Phi) is 6.86. The molecule has 0 saturated heterocycles. The normalized spacial score (nSPS) is 12.0. The minimum Gasteiger partial charge on any atom is -0.458 e. The van der Waals surface area contributed by atoms with Gasteiger partial charge in [-0.25, -0.2) is 0 Å². The zero-order valence-electron chi connectivity index (χ0n) is 14.2. The molecule has 0 aromatic heterocycles. The number of carbonyl (C=O) groups is 1. The summed E-state index contributed by atoms with van der Waals surface area (Å²) in [6.07, 6.45) is 3.41. The molecule has 0 spiro atoms. The van der Waals surface area contributed by atoms with Crippen molar-refractivity contribution < 1.29 is 9.53 Å². The Bertz CT molecular complexity index is 734. The van der Waals surface area contributed by atoms with Crippen LogP contribution in [0.2, 0.25) is 0 Å². The van der Waals surface area contributed by atoms with Crippen molar-refractivity contribution in [1.29, 1.82) is 0 Å². The molecule has 0 aliphatic heterocycles. The minimum atomic E-state index is -0.270. The fraction of sp³-hybridized carbons (Fsp3) is 0.227. The summed E-state index contributed by atoms with van der Waals surface area (Å²) in [5.74, 6) is 6.15. The average molecular weight is 318 g/mol. The Labute approximate surface area is 144 Å². The lowest BCUT2D eigenvalue weighted by atomic mass is 10.0. The third-order valence-corrected chi connectivity index (χ3v) is 3.44. The maximum Gasteiger partial charge on any atom is 0.303 e. The number of hydrogen-bond acceptors (Lipinski definition) is 2. The molecule has 0 N–H and O–H groups in total. The monoisotopic (exact) mass is 318 g/mol. The van der Waals surface area contributed by atoms with E-state index < -0.39 is 0 Å². The SMILES string of the molecule is CCCC(/C=C(\C#Cc1ccccc1)c1ccccc1)OC(C)=O. The first-order valence-corrected chi connectivity index (χ1v) is 8.20. The zero-order valence-corrected chi connectivity index (χ0v) is 14.2. The molecule has 0 radical (unpaired) electrons. The molecule has 2 rings (SSSR count). The molecule has 0 amide bonds. The Morgan fingerprint density at radius 3 is 2.29 bits per heavy atom. The topological polar surface area (TPSA) is 26.3 Å². The number of ether oxygens (including phenoxy) is 1. The maximum absolute atomic E-state index is 11.3. The molecule has 1 unspecified atom stereocenters. The van der Waals surface area contributed by atoms with Gasteiger partial charge in [0, 0.05) is 18.1 Å². The van der Waals surface area contributed by atoms with Crippen molar-refractivity contribution in [1.82, 2.24) is 0 Å². The first kappa shape index (κ1) is 17.6. The molecular formula is C22H22O2. The lowest BCUT2D eigenvalue weighted by Crippen LogP contribution is -2.13. The number of esters is 1. The van der Waals surface area contributed by atoms with Crippen LogP contribution >= 0.6 is 0 Å². The van der Waals surface area contributed by atoms with Crippen molar-refractivity contribution in [3.05, 3.63) is 77.9 Å². The Morgan fingerprint density at radius 2 is 1.71 bits per heavy atom. The van der Waals surface area contributed by atoms with Crippen LogP contribution in [0.1, 0.15) is 37.8 Å². The van der Waals surface area contributed by atoms with Crippen LogP contribution in [-0.4, -0.2) is 12.1 Å². The average Bonchev–Trinajstić information content (AvgIpc) is 2.60. The van der Waals surface area contributed by atoms with E-state index in [9.17, 15) is 4.79 Å². The standard InChI is InChI=1S/C22H22O2/c1-3-10-22(24-18(2)23)17-21(20-13-8-5-9-14-20)16-15-19-11-6-4-7-12-19/h4-9,11-14,17,22H,3,10H2,1-2H3/b21-17+. The van der Waals surface area contributed by atoms with Gasteiger partial charge in [0.1, 0.15) is 6.10 Å². The van der Waals surface area contributed by atoms with Crippen LogP contribution in [0.3, 0.4) is 0 Å². The number of rotatable bonds is 5. The van der Waals surface area contributed by atoms with Gasteiger partial charge < -0.3 is 4.74 Å². The predicted octanol–water partition coefficient (Wildman–Crippen LogP) is 4.85. The largest absolute Gasteiger partial charge is 0.458 e. The molecule has 0 heterocycles. The second kappa shape index (κ2) is 9.37. The lowest BCUT2D eigenvalue weighted by Gasteiger charge is -2.13. The van der Waals surface area contributed by atoms with Gasteiger partial charge in [0.15, 0.2) is 0 Å². The highest BCUT2D eigenvalue weighted by Gasteiger charge is 2.10. The third kappa shape index (κ3) is 5.78. The van der Waals surface area contributed by atoms with E-state index >= 15 is 0 Å². The van der Waals surface area contributed by atoms with Crippen LogP contribution < -0.4 is 0 Å². The van der Waals surface area contributed by atoms with Crippen molar-refractivity contribution in [2.75, 3.05) is 0 Å². The molecule has 0 saturated carbocycles. The number of allylic oxidation sites excluding steroid dienone is 1. The van der Waals surface area contributed by atoms with E-state index in [1.807, 2.05) is 66.7 Å². The molecule has 122 valence electrons. The van der Waals surface area contributed by atoms with Gasteiger partial charge in [-0.1, -0.05) is 73.7 Å². The molecule has 0 bridgehead atoms. The van der Waals surface area contributed by atoms with E-state index in [1.54, 1.807) is 0 Å². The highest BCUT2D eigenvalue weighted by atomic mass is 16.5. The Morgan fingerprint density at radius 1 is 1.08 bits per heavy atom. The fourth-order valence-corrected chi connectivity index (χ4v) is 2.35. The van der Waals surface area contributed by atoms with Gasteiger partial charge in [0.25, 0.3) is 0 Å². The molecular weight excluding hydrogens is 296 g/mol. The van der Waals surface area contributed by atoms with Gasteiger partial charge in [-0.05, 0) is 30.2 Å².